The molecule has 25 heavy (non-hydrogen) atoms. The Kier molecular flexibility index (Phi) is 5.78. The lowest BCUT2D eigenvalue weighted by atomic mass is 10.2. The van der Waals surface area contributed by atoms with E-state index in [1.165, 1.54) is 17.2 Å². The molecule has 0 saturated heterocycles. The smallest absolute Gasteiger partial charge is 0.200 e. The highest BCUT2D eigenvalue weighted by Crippen LogP contribution is 2.36. The number of benzene rings is 3. The molecule has 0 fully saturated rings. The van der Waals surface area contributed by atoms with Gasteiger partial charge in [0.05, 0.1) is 10.3 Å². The van der Waals surface area contributed by atoms with E-state index in [1.54, 1.807) is 30.3 Å². The molecule has 0 N–H and O–H groups in total. The van der Waals surface area contributed by atoms with Gasteiger partial charge in [0.25, 0.3) is 0 Å². The lowest BCUT2D eigenvalue weighted by Gasteiger charge is -2.09. The standard InChI is InChI=1S/C20H15BrO2S2/c21-17-13-11-16(12-14-17)20(24-18-7-3-1-4-8-18)15-25(22,23)19-9-5-2-6-10-19/h1-15H/b20-15+. The molecule has 0 aliphatic carbocycles. The first-order chi connectivity index (χ1) is 12.0. The summed E-state index contributed by atoms with van der Waals surface area (Å²) in [5, 5.41) is 1.35. The minimum Gasteiger partial charge on any atom is -0.219 e. The molecule has 0 aromatic heterocycles. The molecule has 0 bridgehead atoms. The molecule has 3 aromatic rings. The molecule has 0 aliphatic heterocycles. The van der Waals surface area contributed by atoms with E-state index < -0.39 is 9.84 Å². The van der Waals surface area contributed by atoms with Gasteiger partial charge in [-0.3, -0.25) is 0 Å². The fourth-order valence-corrected chi connectivity index (χ4v) is 4.93. The van der Waals surface area contributed by atoms with Crippen LogP contribution in [0.3, 0.4) is 0 Å². The first-order valence-electron chi connectivity index (χ1n) is 7.55. The summed E-state index contributed by atoms with van der Waals surface area (Å²) in [5.74, 6) is 0. The van der Waals surface area contributed by atoms with E-state index in [1.807, 2.05) is 54.6 Å². The predicted octanol–water partition coefficient (Wildman–Crippen LogP) is 6.01. The van der Waals surface area contributed by atoms with E-state index >= 15 is 0 Å². The van der Waals surface area contributed by atoms with Crippen LogP contribution in [0.4, 0.5) is 0 Å². The van der Waals surface area contributed by atoms with Gasteiger partial charge in [0.15, 0.2) is 0 Å². The molecule has 0 unspecified atom stereocenters. The van der Waals surface area contributed by atoms with E-state index in [2.05, 4.69) is 15.9 Å². The molecule has 0 saturated carbocycles. The Hall–Kier alpha value is -1.82. The van der Waals surface area contributed by atoms with Crippen LogP contribution in [0.1, 0.15) is 5.56 Å². The number of halogens is 1. The molecule has 2 nitrogen and oxygen atoms in total. The van der Waals surface area contributed by atoms with Crippen molar-refractivity contribution in [3.05, 3.63) is 100 Å². The normalized spacial score (nSPS) is 12.1. The second-order valence-corrected chi connectivity index (χ2v) is 9.09. The molecule has 0 atom stereocenters. The summed E-state index contributed by atoms with van der Waals surface area (Å²) < 4.78 is 26.5. The Morgan fingerprint density at radius 3 is 1.96 bits per heavy atom. The summed E-state index contributed by atoms with van der Waals surface area (Å²) in [6.45, 7) is 0. The van der Waals surface area contributed by atoms with Crippen LogP contribution in [-0.2, 0) is 9.84 Å². The summed E-state index contributed by atoms with van der Waals surface area (Å²) in [4.78, 5) is 1.96. The maximum atomic E-state index is 12.8. The Morgan fingerprint density at radius 2 is 1.36 bits per heavy atom. The third-order valence-electron chi connectivity index (χ3n) is 3.43. The third-order valence-corrected chi connectivity index (χ3v) is 6.67. The van der Waals surface area contributed by atoms with Crippen molar-refractivity contribution in [2.75, 3.05) is 0 Å². The van der Waals surface area contributed by atoms with Gasteiger partial charge in [-0.15, -0.1) is 0 Å². The van der Waals surface area contributed by atoms with Crippen molar-refractivity contribution in [3.63, 3.8) is 0 Å². The highest BCUT2D eigenvalue weighted by atomic mass is 79.9. The van der Waals surface area contributed by atoms with Crippen molar-refractivity contribution in [3.8, 4) is 0 Å². The fraction of sp³-hybridized carbons (Fsp3) is 0. The quantitative estimate of drug-likeness (QED) is 0.464. The lowest BCUT2D eigenvalue weighted by Crippen LogP contribution is -1.97. The van der Waals surface area contributed by atoms with Crippen LogP contribution in [0.2, 0.25) is 0 Å². The second-order valence-electron chi connectivity index (χ2n) is 5.26. The van der Waals surface area contributed by atoms with Crippen LogP contribution in [0.15, 0.2) is 105 Å². The number of rotatable bonds is 5. The molecule has 0 spiro atoms. The molecule has 3 rings (SSSR count). The molecule has 5 heteroatoms. The van der Waals surface area contributed by atoms with Crippen molar-refractivity contribution in [1.82, 2.24) is 0 Å². The van der Waals surface area contributed by atoms with E-state index in [4.69, 9.17) is 0 Å². The molecule has 3 aromatic carbocycles. The van der Waals surface area contributed by atoms with E-state index in [0.29, 0.717) is 9.80 Å². The Balaban J connectivity index is 2.05. The van der Waals surface area contributed by atoms with E-state index in [9.17, 15) is 8.42 Å². The maximum Gasteiger partial charge on any atom is 0.200 e. The summed E-state index contributed by atoms with van der Waals surface area (Å²) in [6.07, 6.45) is 0. The van der Waals surface area contributed by atoms with Gasteiger partial charge in [0.1, 0.15) is 0 Å². The average molecular weight is 431 g/mol. The minimum absolute atomic E-state index is 0.290. The van der Waals surface area contributed by atoms with Crippen molar-refractivity contribution >= 4 is 42.4 Å². The highest BCUT2D eigenvalue weighted by molar-refractivity contribution is 9.10. The van der Waals surface area contributed by atoms with Crippen LogP contribution in [-0.4, -0.2) is 8.42 Å². The molecule has 0 amide bonds. The van der Waals surface area contributed by atoms with Gasteiger partial charge in [-0.1, -0.05) is 76.2 Å². The van der Waals surface area contributed by atoms with Gasteiger partial charge >= 0.3 is 0 Å². The Bertz CT molecular complexity index is 965. The summed E-state index contributed by atoms with van der Waals surface area (Å²) in [7, 11) is -3.53. The Labute approximate surface area is 160 Å². The number of thioether (sulfide) groups is 1. The molecule has 0 heterocycles. The van der Waals surface area contributed by atoms with Gasteiger partial charge in [-0.05, 0) is 42.0 Å². The molecule has 126 valence electrons. The van der Waals surface area contributed by atoms with Gasteiger partial charge in [-0.2, -0.15) is 0 Å². The topological polar surface area (TPSA) is 34.1 Å². The third kappa shape index (κ3) is 4.84. The zero-order chi connectivity index (χ0) is 17.7. The largest absolute Gasteiger partial charge is 0.219 e. The maximum absolute atomic E-state index is 12.8. The first kappa shape index (κ1) is 18.0. The minimum atomic E-state index is -3.53. The van der Waals surface area contributed by atoms with Crippen LogP contribution in [0.25, 0.3) is 4.91 Å². The van der Waals surface area contributed by atoms with Crippen LogP contribution >= 0.6 is 27.7 Å². The van der Waals surface area contributed by atoms with Crippen molar-refractivity contribution in [2.45, 2.75) is 9.79 Å². The SMILES string of the molecule is O=S(=O)(/C=C(/Sc1ccccc1)c1ccc(Br)cc1)c1ccccc1. The van der Waals surface area contributed by atoms with Crippen molar-refractivity contribution in [1.29, 1.82) is 0 Å². The van der Waals surface area contributed by atoms with Crippen LogP contribution < -0.4 is 0 Å². The first-order valence-corrected chi connectivity index (χ1v) is 10.7. The average Bonchev–Trinajstić information content (AvgIpc) is 2.63. The molecule has 0 aliphatic rings. The number of hydrogen-bond acceptors (Lipinski definition) is 3. The van der Waals surface area contributed by atoms with Gasteiger partial charge < -0.3 is 0 Å². The second kappa shape index (κ2) is 8.04. The van der Waals surface area contributed by atoms with E-state index in [-0.39, 0.29) is 0 Å². The summed E-state index contributed by atoms with van der Waals surface area (Å²) >= 11 is 4.85. The molecule has 0 radical (unpaired) electrons. The molecular weight excluding hydrogens is 416 g/mol. The van der Waals surface area contributed by atoms with Gasteiger partial charge in [0.2, 0.25) is 9.84 Å². The fourth-order valence-electron chi connectivity index (χ4n) is 2.20. The lowest BCUT2D eigenvalue weighted by molar-refractivity contribution is 0.605. The zero-order valence-electron chi connectivity index (χ0n) is 13.2. The summed E-state index contributed by atoms with van der Waals surface area (Å²) in [6, 6.07) is 25.8. The van der Waals surface area contributed by atoms with Crippen molar-refractivity contribution in [2.24, 2.45) is 0 Å². The molecular formula is C20H15BrO2S2. The van der Waals surface area contributed by atoms with Gasteiger partial charge in [0, 0.05) is 14.3 Å². The zero-order valence-corrected chi connectivity index (χ0v) is 16.4. The Morgan fingerprint density at radius 1 is 0.800 bits per heavy atom. The monoisotopic (exact) mass is 430 g/mol. The highest BCUT2D eigenvalue weighted by Gasteiger charge is 2.14. The van der Waals surface area contributed by atoms with Gasteiger partial charge in [-0.25, -0.2) is 8.42 Å². The van der Waals surface area contributed by atoms with Crippen molar-refractivity contribution < 1.29 is 8.42 Å². The van der Waals surface area contributed by atoms with Crippen LogP contribution in [0, 0.1) is 0 Å². The predicted molar refractivity (Wildman–Crippen MR) is 108 cm³/mol. The number of hydrogen-bond donors (Lipinski definition) is 0. The number of sulfone groups is 1. The van der Waals surface area contributed by atoms with Crippen LogP contribution in [0.5, 0.6) is 0 Å². The summed E-state index contributed by atoms with van der Waals surface area (Å²) in [5.41, 5.74) is 0.858. The van der Waals surface area contributed by atoms with E-state index in [0.717, 1.165) is 14.9 Å².